The van der Waals surface area contributed by atoms with Gasteiger partial charge in [-0.2, -0.15) is 13.2 Å². The zero-order valence-corrected chi connectivity index (χ0v) is 10.7. The second-order valence-corrected chi connectivity index (χ2v) is 4.34. The first-order valence-electron chi connectivity index (χ1n) is 5.96. The van der Waals surface area contributed by atoms with Gasteiger partial charge in [0.2, 0.25) is 0 Å². The second-order valence-electron chi connectivity index (χ2n) is 4.34. The van der Waals surface area contributed by atoms with Gasteiger partial charge >= 0.3 is 6.18 Å². The average molecular weight is 296 g/mol. The minimum Gasteiger partial charge on any atom is -0.508 e. The first-order valence-corrected chi connectivity index (χ1v) is 5.96. The molecule has 0 saturated carbocycles. The van der Waals surface area contributed by atoms with Crippen LogP contribution < -0.4 is 5.32 Å². The zero-order chi connectivity index (χ0) is 15.5. The number of alkyl halides is 3. The molecule has 21 heavy (non-hydrogen) atoms. The summed E-state index contributed by atoms with van der Waals surface area (Å²) >= 11 is 0. The summed E-state index contributed by atoms with van der Waals surface area (Å²) in [6.45, 7) is 0.0660. The maximum absolute atomic E-state index is 12.6. The first kappa shape index (κ1) is 14.8. The highest BCUT2D eigenvalue weighted by Gasteiger charge is 2.30. The standard InChI is InChI=1S/C14H11F3N2O2/c15-14(16,17)10-2-1-3-11(7-10)18-8-9-6-12(19-21)4-5-13(9)20/h1-7,18,20H,8H2. The number of aromatic hydroxyl groups is 1. The van der Waals surface area contributed by atoms with Gasteiger partial charge in [0, 0.05) is 17.8 Å². The molecule has 0 bridgehead atoms. The van der Waals surface area contributed by atoms with Crippen molar-refractivity contribution < 1.29 is 18.3 Å². The number of anilines is 1. The van der Waals surface area contributed by atoms with Crippen LogP contribution in [0.15, 0.2) is 47.6 Å². The Hall–Kier alpha value is -2.57. The topological polar surface area (TPSA) is 61.7 Å². The lowest BCUT2D eigenvalue weighted by Crippen LogP contribution is -2.06. The summed E-state index contributed by atoms with van der Waals surface area (Å²) < 4.78 is 37.7. The lowest BCUT2D eigenvalue weighted by Gasteiger charge is -2.11. The Morgan fingerprint density at radius 2 is 1.90 bits per heavy atom. The molecular formula is C14H11F3N2O2. The van der Waals surface area contributed by atoms with Crippen molar-refractivity contribution >= 4 is 11.4 Å². The summed E-state index contributed by atoms with van der Waals surface area (Å²) in [5.41, 5.74) is -0.00752. The number of benzene rings is 2. The van der Waals surface area contributed by atoms with E-state index in [0.717, 1.165) is 12.1 Å². The van der Waals surface area contributed by atoms with Crippen molar-refractivity contribution in [2.45, 2.75) is 12.7 Å². The van der Waals surface area contributed by atoms with Crippen LogP contribution in [-0.4, -0.2) is 5.11 Å². The molecule has 0 amide bonds. The highest BCUT2D eigenvalue weighted by atomic mass is 19.4. The van der Waals surface area contributed by atoms with Crippen LogP contribution in [0.3, 0.4) is 0 Å². The minimum absolute atomic E-state index is 0.0660. The molecule has 0 heterocycles. The van der Waals surface area contributed by atoms with Crippen LogP contribution in [-0.2, 0) is 12.7 Å². The van der Waals surface area contributed by atoms with E-state index in [4.69, 9.17) is 0 Å². The van der Waals surface area contributed by atoms with Crippen LogP contribution >= 0.6 is 0 Å². The third kappa shape index (κ3) is 3.71. The van der Waals surface area contributed by atoms with E-state index < -0.39 is 11.7 Å². The Morgan fingerprint density at radius 3 is 2.57 bits per heavy atom. The Morgan fingerprint density at radius 1 is 1.14 bits per heavy atom. The van der Waals surface area contributed by atoms with Gasteiger partial charge in [0.05, 0.1) is 5.56 Å². The number of hydrogen-bond donors (Lipinski definition) is 2. The van der Waals surface area contributed by atoms with E-state index in [0.29, 0.717) is 5.56 Å². The number of halogens is 3. The van der Waals surface area contributed by atoms with Gasteiger partial charge in [-0.3, -0.25) is 0 Å². The van der Waals surface area contributed by atoms with Crippen molar-refractivity contribution in [2.75, 3.05) is 5.32 Å². The zero-order valence-electron chi connectivity index (χ0n) is 10.7. The van der Waals surface area contributed by atoms with Gasteiger partial charge in [-0.05, 0) is 41.6 Å². The first-order chi connectivity index (χ1) is 9.90. The van der Waals surface area contributed by atoms with Gasteiger partial charge in [-0.25, -0.2) is 0 Å². The number of phenolic OH excluding ortho intramolecular Hbond substituents is 1. The van der Waals surface area contributed by atoms with Gasteiger partial charge < -0.3 is 10.4 Å². The number of phenols is 1. The van der Waals surface area contributed by atoms with Gasteiger partial charge in [-0.15, -0.1) is 4.91 Å². The van der Waals surface area contributed by atoms with E-state index in [-0.39, 0.29) is 23.7 Å². The van der Waals surface area contributed by atoms with Crippen molar-refractivity contribution in [3.05, 3.63) is 58.5 Å². The molecule has 0 unspecified atom stereocenters. The molecule has 0 saturated heterocycles. The lowest BCUT2D eigenvalue weighted by atomic mass is 10.1. The smallest absolute Gasteiger partial charge is 0.416 e. The third-order valence-electron chi connectivity index (χ3n) is 2.84. The molecule has 0 aliphatic heterocycles. The van der Waals surface area contributed by atoms with E-state index in [9.17, 15) is 23.2 Å². The monoisotopic (exact) mass is 296 g/mol. The minimum atomic E-state index is -4.42. The fourth-order valence-electron chi connectivity index (χ4n) is 1.77. The summed E-state index contributed by atoms with van der Waals surface area (Å²) in [5, 5.41) is 15.1. The maximum Gasteiger partial charge on any atom is 0.416 e. The lowest BCUT2D eigenvalue weighted by molar-refractivity contribution is -0.137. The molecule has 2 aromatic carbocycles. The molecule has 0 aliphatic rings. The summed E-state index contributed by atoms with van der Waals surface area (Å²) in [4.78, 5) is 10.4. The predicted octanol–water partition coefficient (Wildman–Crippen LogP) is 4.42. The molecule has 0 radical (unpaired) electrons. The van der Waals surface area contributed by atoms with Crippen LogP contribution in [0.25, 0.3) is 0 Å². The third-order valence-corrected chi connectivity index (χ3v) is 2.84. The fraction of sp³-hybridized carbons (Fsp3) is 0.143. The number of nitroso groups, excluding NO2 is 1. The van der Waals surface area contributed by atoms with Gasteiger partial charge in [0.25, 0.3) is 0 Å². The SMILES string of the molecule is O=Nc1ccc(O)c(CNc2cccc(C(F)(F)F)c2)c1. The van der Waals surface area contributed by atoms with Gasteiger partial charge in [0.15, 0.2) is 0 Å². The van der Waals surface area contributed by atoms with Crippen LogP contribution in [0, 0.1) is 4.91 Å². The van der Waals surface area contributed by atoms with Crippen LogP contribution in [0.1, 0.15) is 11.1 Å². The highest BCUT2D eigenvalue weighted by Crippen LogP contribution is 2.31. The number of hydrogen-bond acceptors (Lipinski definition) is 4. The fourth-order valence-corrected chi connectivity index (χ4v) is 1.77. The quantitative estimate of drug-likeness (QED) is 0.821. The van der Waals surface area contributed by atoms with E-state index in [1.165, 1.54) is 30.3 Å². The van der Waals surface area contributed by atoms with Crippen LogP contribution in [0.5, 0.6) is 5.75 Å². The summed E-state index contributed by atoms with van der Waals surface area (Å²) in [7, 11) is 0. The molecular weight excluding hydrogens is 285 g/mol. The van der Waals surface area contributed by atoms with Crippen molar-refractivity contribution in [2.24, 2.45) is 5.18 Å². The van der Waals surface area contributed by atoms with Crippen LogP contribution in [0.4, 0.5) is 24.5 Å². The molecule has 0 aromatic heterocycles. The van der Waals surface area contributed by atoms with Crippen molar-refractivity contribution in [1.82, 2.24) is 0 Å². The Bertz CT molecular complexity index is 657. The predicted molar refractivity (Wildman–Crippen MR) is 72.3 cm³/mol. The van der Waals surface area contributed by atoms with E-state index >= 15 is 0 Å². The van der Waals surface area contributed by atoms with Gasteiger partial charge in [-0.1, -0.05) is 6.07 Å². The normalized spacial score (nSPS) is 11.2. The molecule has 2 N–H and O–H groups in total. The van der Waals surface area contributed by atoms with Crippen molar-refractivity contribution in [3.63, 3.8) is 0 Å². The van der Waals surface area contributed by atoms with Gasteiger partial charge in [0.1, 0.15) is 11.4 Å². The molecule has 0 spiro atoms. The highest BCUT2D eigenvalue weighted by molar-refractivity contribution is 5.51. The number of nitrogens with one attached hydrogen (secondary N) is 1. The molecule has 2 rings (SSSR count). The summed E-state index contributed by atoms with van der Waals surface area (Å²) in [5.74, 6) is -0.0677. The second kappa shape index (κ2) is 5.82. The summed E-state index contributed by atoms with van der Waals surface area (Å²) in [6, 6.07) is 8.72. The van der Waals surface area contributed by atoms with Crippen molar-refractivity contribution in [1.29, 1.82) is 0 Å². The molecule has 0 aliphatic carbocycles. The molecule has 0 fully saturated rings. The van der Waals surface area contributed by atoms with E-state index in [1.807, 2.05) is 0 Å². The molecule has 7 heteroatoms. The van der Waals surface area contributed by atoms with Crippen molar-refractivity contribution in [3.8, 4) is 5.75 Å². The number of rotatable bonds is 4. The largest absolute Gasteiger partial charge is 0.508 e. The Kier molecular flexibility index (Phi) is 4.11. The summed E-state index contributed by atoms with van der Waals surface area (Å²) in [6.07, 6.45) is -4.42. The molecule has 110 valence electrons. The Balaban J connectivity index is 2.15. The molecule has 2 aromatic rings. The number of nitrogens with zero attached hydrogens (tertiary/aromatic N) is 1. The van der Waals surface area contributed by atoms with E-state index in [2.05, 4.69) is 10.5 Å². The van der Waals surface area contributed by atoms with Crippen LogP contribution in [0.2, 0.25) is 0 Å². The molecule has 4 nitrogen and oxygen atoms in total. The molecule has 0 atom stereocenters. The van der Waals surface area contributed by atoms with E-state index in [1.54, 1.807) is 0 Å². The Labute approximate surface area is 118 Å². The average Bonchev–Trinajstić information content (AvgIpc) is 2.46. The maximum atomic E-state index is 12.6.